The number of sulfonamides is 1. The Bertz CT molecular complexity index is 1750. The summed E-state index contributed by atoms with van der Waals surface area (Å²) in [5.41, 5.74) is 0.676. The van der Waals surface area contributed by atoms with Crippen LogP contribution in [0.1, 0.15) is 91.7 Å². The van der Waals surface area contributed by atoms with E-state index in [1.54, 1.807) is 25.7 Å². The highest BCUT2D eigenvalue weighted by molar-refractivity contribution is 7.88. The van der Waals surface area contributed by atoms with Crippen molar-refractivity contribution in [3.05, 3.63) is 35.4 Å². The third-order valence-electron chi connectivity index (χ3n) is 10.6. The van der Waals surface area contributed by atoms with Gasteiger partial charge < -0.3 is 35.8 Å². The molecule has 1 unspecified atom stereocenters. The van der Waals surface area contributed by atoms with Crippen LogP contribution in [0.5, 0.6) is 0 Å². The molecular formula is C39H61N7O9S. The molecule has 16 nitrogen and oxygen atoms in total. The van der Waals surface area contributed by atoms with Gasteiger partial charge in [0.15, 0.2) is 0 Å². The number of ketones is 1. The molecule has 6 amide bonds. The number of likely N-dealkylation sites (tertiary alicyclic amines) is 1. The summed E-state index contributed by atoms with van der Waals surface area (Å²) >= 11 is 0. The first kappa shape index (κ1) is 44.5. The van der Waals surface area contributed by atoms with Gasteiger partial charge in [-0.05, 0) is 47.6 Å². The Kier molecular flexibility index (Phi) is 14.2. The SMILES string of the molecule is CCCC(NC(=O)[C@@H]1C[C@@H](OC(=O)N2CCc3ccccc3C2)CN1C(=O)[C@@H](NC(=O)N[C@H](CN(C)S(C)(=O)=O)C(C)(C)C)C(C)(C)C)C(=O)C(=O)NC1CC1. The number of carbonyl (C=O) groups excluding carboxylic acids is 6. The molecule has 312 valence electrons. The lowest BCUT2D eigenvalue weighted by Gasteiger charge is -2.37. The molecule has 4 rings (SSSR count). The monoisotopic (exact) mass is 803 g/mol. The van der Waals surface area contributed by atoms with E-state index in [1.807, 2.05) is 52.0 Å². The normalized spacial score (nSPS) is 20.3. The Balaban J connectivity index is 1.57. The number of hydrogen-bond acceptors (Lipinski definition) is 9. The van der Waals surface area contributed by atoms with Crippen LogP contribution in [-0.2, 0) is 46.9 Å². The summed E-state index contributed by atoms with van der Waals surface area (Å²) in [6, 6.07) is 2.85. The van der Waals surface area contributed by atoms with E-state index in [0.29, 0.717) is 25.9 Å². The minimum Gasteiger partial charge on any atom is -0.444 e. The van der Waals surface area contributed by atoms with E-state index >= 15 is 0 Å². The smallest absolute Gasteiger partial charge is 0.410 e. The molecule has 0 bridgehead atoms. The average molecular weight is 804 g/mol. The van der Waals surface area contributed by atoms with Crippen LogP contribution in [0.2, 0.25) is 0 Å². The maximum absolute atomic E-state index is 14.6. The molecule has 2 heterocycles. The number of rotatable bonds is 14. The molecule has 1 saturated heterocycles. The van der Waals surface area contributed by atoms with Gasteiger partial charge in [0.2, 0.25) is 27.6 Å². The highest BCUT2D eigenvalue weighted by Gasteiger charge is 2.47. The zero-order valence-corrected chi connectivity index (χ0v) is 35.1. The van der Waals surface area contributed by atoms with Crippen molar-refractivity contribution in [1.29, 1.82) is 0 Å². The lowest BCUT2D eigenvalue weighted by atomic mass is 9.85. The molecule has 56 heavy (non-hydrogen) atoms. The topological polar surface area (TPSA) is 204 Å². The van der Waals surface area contributed by atoms with E-state index < -0.39 is 86.8 Å². The molecule has 1 aliphatic carbocycles. The Hall–Kier alpha value is -4.25. The maximum atomic E-state index is 14.6. The maximum Gasteiger partial charge on any atom is 0.410 e. The highest BCUT2D eigenvalue weighted by atomic mass is 32.2. The second kappa shape index (κ2) is 17.9. The number of likely N-dealkylation sites (N-methyl/N-ethyl adjacent to an activating group) is 1. The summed E-state index contributed by atoms with van der Waals surface area (Å²) in [6.07, 6.45) is 2.38. The highest BCUT2D eigenvalue weighted by Crippen LogP contribution is 2.29. The number of nitrogens with one attached hydrogen (secondary N) is 4. The predicted octanol–water partition coefficient (Wildman–Crippen LogP) is 2.30. The van der Waals surface area contributed by atoms with Crippen molar-refractivity contribution in [3.63, 3.8) is 0 Å². The molecule has 0 spiro atoms. The fraction of sp³-hybridized carbons (Fsp3) is 0.692. The van der Waals surface area contributed by atoms with Crippen molar-refractivity contribution in [3.8, 4) is 0 Å². The summed E-state index contributed by atoms with van der Waals surface area (Å²) in [4.78, 5) is 84.6. The van der Waals surface area contributed by atoms with E-state index in [0.717, 1.165) is 34.5 Å². The zero-order valence-electron chi connectivity index (χ0n) is 34.3. The van der Waals surface area contributed by atoms with Gasteiger partial charge in [-0.25, -0.2) is 22.3 Å². The minimum absolute atomic E-state index is 0.0236. The molecule has 4 N–H and O–H groups in total. The molecule has 0 aromatic heterocycles. The van der Waals surface area contributed by atoms with E-state index in [-0.39, 0.29) is 32.0 Å². The second-order valence-electron chi connectivity index (χ2n) is 17.5. The first-order chi connectivity index (χ1) is 26.0. The molecule has 17 heteroatoms. The third kappa shape index (κ3) is 11.9. The summed E-state index contributed by atoms with van der Waals surface area (Å²) in [7, 11) is -2.14. The summed E-state index contributed by atoms with van der Waals surface area (Å²) < 4.78 is 31.5. The van der Waals surface area contributed by atoms with Crippen LogP contribution in [0.15, 0.2) is 24.3 Å². The molecule has 3 aliphatic rings. The molecule has 1 aromatic rings. The van der Waals surface area contributed by atoms with Crippen molar-refractivity contribution in [2.75, 3.05) is 32.9 Å². The van der Waals surface area contributed by atoms with Crippen LogP contribution in [0.25, 0.3) is 0 Å². The molecule has 2 aliphatic heterocycles. The molecule has 0 radical (unpaired) electrons. The van der Waals surface area contributed by atoms with Crippen LogP contribution in [0, 0.1) is 10.8 Å². The number of Topliss-reactive ketones (excluding diaryl/α,β-unsaturated/α-hetero) is 1. The Morgan fingerprint density at radius 2 is 1.59 bits per heavy atom. The predicted molar refractivity (Wildman–Crippen MR) is 210 cm³/mol. The lowest BCUT2D eigenvalue weighted by Crippen LogP contribution is -2.62. The van der Waals surface area contributed by atoms with Gasteiger partial charge in [0.05, 0.1) is 18.8 Å². The van der Waals surface area contributed by atoms with Gasteiger partial charge in [-0.2, -0.15) is 0 Å². The fourth-order valence-electron chi connectivity index (χ4n) is 6.79. The molecule has 1 aromatic carbocycles. The first-order valence-electron chi connectivity index (χ1n) is 19.5. The molecule has 2 fully saturated rings. The zero-order chi connectivity index (χ0) is 41.7. The van der Waals surface area contributed by atoms with E-state index in [2.05, 4.69) is 21.3 Å². The standard InChI is InChI=1S/C39H61N7O9S/c1-10-13-28(31(47)34(49)40-26-16-17-26)41-33(48)29-20-27(55-37(52)45-19-18-24-14-11-12-15-25(24)21-45)22-46(29)35(50)32(39(5,6)7)43-36(51)42-30(38(2,3)4)23-44(8)56(9,53)54/h11-12,14-15,26-30,32H,10,13,16-23H2,1-9H3,(H,40,49)(H,41,48)(H2,42,43,51)/t27-,28?,29+,30-,32-/m1/s1. The van der Waals surface area contributed by atoms with Crippen LogP contribution in [0.4, 0.5) is 9.59 Å². The van der Waals surface area contributed by atoms with Gasteiger partial charge in [0.1, 0.15) is 18.2 Å². The lowest BCUT2D eigenvalue weighted by molar-refractivity contribution is -0.144. The van der Waals surface area contributed by atoms with Crippen molar-refractivity contribution in [2.45, 2.75) is 130 Å². The van der Waals surface area contributed by atoms with Crippen molar-refractivity contribution >= 4 is 45.7 Å². The third-order valence-corrected chi connectivity index (χ3v) is 11.9. The van der Waals surface area contributed by atoms with Crippen molar-refractivity contribution in [1.82, 2.24) is 35.4 Å². The first-order valence-corrected chi connectivity index (χ1v) is 21.3. The minimum atomic E-state index is -3.56. The van der Waals surface area contributed by atoms with Gasteiger partial charge in [0, 0.05) is 45.2 Å². The number of ether oxygens (including phenoxy) is 1. The quantitative estimate of drug-likeness (QED) is 0.204. The average Bonchev–Trinajstić information content (AvgIpc) is 3.82. The van der Waals surface area contributed by atoms with Crippen LogP contribution < -0.4 is 21.3 Å². The van der Waals surface area contributed by atoms with Gasteiger partial charge in [-0.1, -0.05) is 79.2 Å². The van der Waals surface area contributed by atoms with Gasteiger partial charge in [0.25, 0.3) is 5.91 Å². The number of fused-ring (bicyclic) bond motifs is 1. The number of nitrogens with zero attached hydrogens (tertiary/aromatic N) is 3. The fourth-order valence-corrected chi connectivity index (χ4v) is 7.21. The van der Waals surface area contributed by atoms with E-state index in [9.17, 15) is 37.2 Å². The van der Waals surface area contributed by atoms with Crippen LogP contribution in [-0.4, -0.2) is 127 Å². The summed E-state index contributed by atoms with van der Waals surface area (Å²) in [6.45, 7) is 13.2. The number of hydrogen-bond donors (Lipinski definition) is 4. The number of urea groups is 1. The number of benzene rings is 1. The molecular weight excluding hydrogens is 743 g/mol. The van der Waals surface area contributed by atoms with E-state index in [4.69, 9.17) is 4.74 Å². The van der Waals surface area contributed by atoms with Crippen LogP contribution in [0.3, 0.4) is 0 Å². The number of carbonyl (C=O) groups is 6. The second-order valence-corrected chi connectivity index (χ2v) is 19.6. The Labute approximate surface area is 331 Å². The van der Waals surface area contributed by atoms with Gasteiger partial charge >= 0.3 is 12.1 Å². The Morgan fingerprint density at radius 1 is 0.946 bits per heavy atom. The summed E-state index contributed by atoms with van der Waals surface area (Å²) in [5.74, 6) is -2.87. The molecule has 1 saturated carbocycles. The van der Waals surface area contributed by atoms with E-state index in [1.165, 1.54) is 11.9 Å². The van der Waals surface area contributed by atoms with Gasteiger partial charge in [-0.3, -0.25) is 19.2 Å². The Morgan fingerprint density at radius 3 is 2.16 bits per heavy atom. The van der Waals surface area contributed by atoms with Crippen molar-refractivity contribution in [2.24, 2.45) is 10.8 Å². The van der Waals surface area contributed by atoms with Gasteiger partial charge in [-0.15, -0.1) is 0 Å². The summed E-state index contributed by atoms with van der Waals surface area (Å²) in [5, 5.41) is 11.0. The largest absolute Gasteiger partial charge is 0.444 e. The molecule has 5 atom stereocenters. The van der Waals surface area contributed by atoms with Crippen LogP contribution >= 0.6 is 0 Å². The van der Waals surface area contributed by atoms with Crippen molar-refractivity contribution < 1.29 is 41.9 Å². The number of amides is 6.